The summed E-state index contributed by atoms with van der Waals surface area (Å²) in [7, 11) is 0. The molecular formula is C12H23N3O. The summed E-state index contributed by atoms with van der Waals surface area (Å²) in [5.41, 5.74) is 0. The summed E-state index contributed by atoms with van der Waals surface area (Å²) < 4.78 is 2.17. The fourth-order valence-corrected chi connectivity index (χ4v) is 1.81. The number of nitrogens with one attached hydrogen (secondary N) is 1. The fraction of sp³-hybridized carbons (Fsp3) is 0.750. The Bertz CT molecular complexity index is 296. The van der Waals surface area contributed by atoms with E-state index >= 15 is 0 Å². The molecule has 0 saturated carbocycles. The zero-order chi connectivity index (χ0) is 12.0. The van der Waals surface area contributed by atoms with Crippen LogP contribution in [-0.2, 0) is 13.1 Å². The highest BCUT2D eigenvalue weighted by molar-refractivity contribution is 4.92. The molecule has 4 nitrogen and oxygen atoms in total. The first-order chi connectivity index (χ1) is 7.63. The molecule has 16 heavy (non-hydrogen) atoms. The largest absolute Gasteiger partial charge is 0.393 e. The first-order valence-corrected chi connectivity index (χ1v) is 6.05. The molecule has 0 fully saturated rings. The summed E-state index contributed by atoms with van der Waals surface area (Å²) in [6, 6.07) is 0.312. The van der Waals surface area contributed by atoms with Crippen LogP contribution in [0.3, 0.4) is 0 Å². The highest BCUT2D eigenvalue weighted by atomic mass is 16.3. The molecule has 0 bridgehead atoms. The molecule has 0 saturated heterocycles. The molecule has 1 rings (SSSR count). The second kappa shape index (κ2) is 6.66. The van der Waals surface area contributed by atoms with Gasteiger partial charge in [-0.1, -0.05) is 6.92 Å². The molecule has 2 atom stereocenters. The predicted octanol–water partition coefficient (Wildman–Crippen LogP) is 1.54. The number of hydrogen-bond acceptors (Lipinski definition) is 3. The molecule has 0 aliphatic rings. The average Bonchev–Trinajstić information content (AvgIpc) is 2.62. The van der Waals surface area contributed by atoms with E-state index in [1.165, 1.54) is 0 Å². The van der Waals surface area contributed by atoms with Crippen molar-refractivity contribution in [1.82, 2.24) is 14.9 Å². The van der Waals surface area contributed by atoms with Gasteiger partial charge in [0.05, 0.1) is 12.6 Å². The van der Waals surface area contributed by atoms with Crippen molar-refractivity contribution in [3.05, 3.63) is 18.2 Å². The van der Waals surface area contributed by atoms with Crippen LogP contribution in [0, 0.1) is 0 Å². The van der Waals surface area contributed by atoms with Gasteiger partial charge in [-0.3, -0.25) is 0 Å². The standard InChI is InChI=1S/C12H23N3O/c1-4-6-15-7-5-13-12(15)9-14-10(2)8-11(3)16/h5,7,10-11,14,16H,4,6,8-9H2,1-3H3. The third-order valence-corrected chi connectivity index (χ3v) is 2.57. The predicted molar refractivity (Wildman–Crippen MR) is 65.1 cm³/mol. The minimum Gasteiger partial charge on any atom is -0.393 e. The number of aliphatic hydroxyl groups is 1. The van der Waals surface area contributed by atoms with Crippen molar-refractivity contribution in [1.29, 1.82) is 0 Å². The van der Waals surface area contributed by atoms with Crippen LogP contribution in [0.1, 0.15) is 39.4 Å². The molecule has 0 radical (unpaired) electrons. The Kier molecular flexibility index (Phi) is 5.49. The molecule has 1 aromatic rings. The maximum atomic E-state index is 9.26. The van der Waals surface area contributed by atoms with Gasteiger partial charge < -0.3 is 15.0 Å². The summed E-state index contributed by atoms with van der Waals surface area (Å²) >= 11 is 0. The third-order valence-electron chi connectivity index (χ3n) is 2.57. The Morgan fingerprint density at radius 3 is 2.88 bits per heavy atom. The lowest BCUT2D eigenvalue weighted by Gasteiger charge is -2.15. The van der Waals surface area contributed by atoms with Gasteiger partial charge >= 0.3 is 0 Å². The highest BCUT2D eigenvalue weighted by Crippen LogP contribution is 2.02. The molecule has 0 aromatic carbocycles. The molecular weight excluding hydrogens is 202 g/mol. The van der Waals surface area contributed by atoms with Gasteiger partial charge in [0, 0.05) is 25.0 Å². The van der Waals surface area contributed by atoms with Crippen LogP contribution in [-0.4, -0.2) is 26.8 Å². The second-order valence-corrected chi connectivity index (χ2v) is 4.40. The second-order valence-electron chi connectivity index (χ2n) is 4.40. The first-order valence-electron chi connectivity index (χ1n) is 6.05. The molecule has 1 aromatic heterocycles. The van der Waals surface area contributed by atoms with E-state index < -0.39 is 0 Å². The zero-order valence-electron chi connectivity index (χ0n) is 10.5. The minimum atomic E-state index is -0.252. The van der Waals surface area contributed by atoms with Crippen LogP contribution < -0.4 is 5.32 Å². The van der Waals surface area contributed by atoms with Crippen molar-refractivity contribution in [3.8, 4) is 0 Å². The third kappa shape index (κ3) is 4.33. The van der Waals surface area contributed by atoms with Gasteiger partial charge in [0.15, 0.2) is 0 Å². The van der Waals surface area contributed by atoms with E-state index in [2.05, 4.69) is 28.7 Å². The number of rotatable bonds is 7. The lowest BCUT2D eigenvalue weighted by Crippen LogP contribution is -2.29. The SMILES string of the molecule is CCCn1ccnc1CNC(C)CC(C)O. The highest BCUT2D eigenvalue weighted by Gasteiger charge is 2.07. The van der Waals surface area contributed by atoms with E-state index in [-0.39, 0.29) is 6.10 Å². The van der Waals surface area contributed by atoms with E-state index in [9.17, 15) is 5.11 Å². The summed E-state index contributed by atoms with van der Waals surface area (Å²) in [6.45, 7) is 7.84. The number of nitrogens with zero attached hydrogens (tertiary/aromatic N) is 2. The van der Waals surface area contributed by atoms with Crippen molar-refractivity contribution in [2.45, 2.75) is 58.8 Å². The molecule has 4 heteroatoms. The number of aryl methyl sites for hydroxylation is 1. The molecule has 2 N–H and O–H groups in total. The van der Waals surface area contributed by atoms with Crippen LogP contribution in [0.4, 0.5) is 0 Å². The van der Waals surface area contributed by atoms with E-state index in [4.69, 9.17) is 0 Å². The molecule has 0 aliphatic heterocycles. The van der Waals surface area contributed by atoms with Crippen molar-refractivity contribution >= 4 is 0 Å². The number of aromatic nitrogens is 2. The number of aliphatic hydroxyl groups excluding tert-OH is 1. The average molecular weight is 225 g/mol. The minimum absolute atomic E-state index is 0.252. The smallest absolute Gasteiger partial charge is 0.122 e. The lowest BCUT2D eigenvalue weighted by molar-refractivity contribution is 0.170. The molecule has 1 heterocycles. The van der Waals surface area contributed by atoms with Gasteiger partial charge in [-0.05, 0) is 26.7 Å². The zero-order valence-corrected chi connectivity index (χ0v) is 10.5. The fourth-order valence-electron chi connectivity index (χ4n) is 1.81. The maximum absolute atomic E-state index is 9.26. The number of imidazole rings is 1. The molecule has 0 amide bonds. The van der Waals surface area contributed by atoms with Crippen LogP contribution in [0.2, 0.25) is 0 Å². The first kappa shape index (κ1) is 13.2. The number of hydrogen-bond donors (Lipinski definition) is 2. The van der Waals surface area contributed by atoms with Gasteiger partial charge in [-0.2, -0.15) is 0 Å². The maximum Gasteiger partial charge on any atom is 0.122 e. The molecule has 92 valence electrons. The van der Waals surface area contributed by atoms with E-state index in [1.54, 1.807) is 0 Å². The summed E-state index contributed by atoms with van der Waals surface area (Å²) in [5.74, 6) is 1.07. The van der Waals surface area contributed by atoms with Gasteiger partial charge in [0.1, 0.15) is 5.82 Å². The lowest BCUT2D eigenvalue weighted by atomic mass is 10.1. The van der Waals surface area contributed by atoms with Crippen molar-refractivity contribution in [3.63, 3.8) is 0 Å². The molecule has 0 spiro atoms. The van der Waals surface area contributed by atoms with E-state index in [0.29, 0.717) is 6.04 Å². The topological polar surface area (TPSA) is 50.1 Å². The molecule has 0 aliphatic carbocycles. The Morgan fingerprint density at radius 1 is 1.50 bits per heavy atom. The summed E-state index contributed by atoms with van der Waals surface area (Å²) in [5, 5.41) is 12.6. The van der Waals surface area contributed by atoms with Crippen LogP contribution in [0.15, 0.2) is 12.4 Å². The van der Waals surface area contributed by atoms with E-state index in [0.717, 1.165) is 31.8 Å². The van der Waals surface area contributed by atoms with Crippen molar-refractivity contribution in [2.75, 3.05) is 0 Å². The van der Waals surface area contributed by atoms with Crippen LogP contribution in [0.5, 0.6) is 0 Å². The summed E-state index contributed by atoms with van der Waals surface area (Å²) in [4.78, 5) is 4.32. The van der Waals surface area contributed by atoms with Gasteiger partial charge in [-0.25, -0.2) is 4.98 Å². The van der Waals surface area contributed by atoms with Crippen molar-refractivity contribution < 1.29 is 5.11 Å². The quantitative estimate of drug-likeness (QED) is 0.740. The Morgan fingerprint density at radius 2 is 2.25 bits per heavy atom. The molecule has 2 unspecified atom stereocenters. The Hall–Kier alpha value is -0.870. The summed E-state index contributed by atoms with van der Waals surface area (Å²) in [6.07, 6.45) is 5.49. The van der Waals surface area contributed by atoms with Gasteiger partial charge in [0.25, 0.3) is 0 Å². The normalized spacial score (nSPS) is 15.0. The van der Waals surface area contributed by atoms with Gasteiger partial charge in [0.2, 0.25) is 0 Å². The van der Waals surface area contributed by atoms with Gasteiger partial charge in [-0.15, -0.1) is 0 Å². The van der Waals surface area contributed by atoms with Crippen LogP contribution in [0.25, 0.3) is 0 Å². The monoisotopic (exact) mass is 225 g/mol. The Labute approximate surface area is 97.7 Å². The van der Waals surface area contributed by atoms with Crippen LogP contribution >= 0.6 is 0 Å². The Balaban J connectivity index is 2.38. The van der Waals surface area contributed by atoms with Crippen molar-refractivity contribution in [2.24, 2.45) is 0 Å². The van der Waals surface area contributed by atoms with E-state index in [1.807, 2.05) is 19.3 Å².